The average Bonchev–Trinajstić information content (AvgIpc) is 3.18. The molecule has 0 N–H and O–H groups in total. The summed E-state index contributed by atoms with van der Waals surface area (Å²) in [5.41, 5.74) is 6.04. The van der Waals surface area contributed by atoms with Crippen LogP contribution in [0, 0.1) is 13.8 Å². The minimum Gasteiger partial charge on any atom is -0.377 e. The van der Waals surface area contributed by atoms with Crippen molar-refractivity contribution in [3.63, 3.8) is 0 Å². The van der Waals surface area contributed by atoms with Gasteiger partial charge in [0.15, 0.2) is 5.65 Å². The highest BCUT2D eigenvalue weighted by Crippen LogP contribution is 2.26. The number of rotatable bonds is 4. The predicted octanol–water partition coefficient (Wildman–Crippen LogP) is 4.03. The number of carbonyl (C=O) groups is 1. The highest BCUT2D eigenvalue weighted by Gasteiger charge is 2.28. The number of carbonyl (C=O) groups excluding carboxylic acids is 1. The van der Waals surface area contributed by atoms with Crippen LogP contribution in [0.3, 0.4) is 0 Å². The Labute approximate surface area is 181 Å². The summed E-state index contributed by atoms with van der Waals surface area (Å²) in [5, 5.41) is 5.78. The van der Waals surface area contributed by atoms with Crippen LogP contribution in [0.5, 0.6) is 0 Å². The zero-order valence-electron chi connectivity index (χ0n) is 17.9. The number of hydrogen-bond donors (Lipinski definition) is 0. The van der Waals surface area contributed by atoms with Crippen molar-refractivity contribution in [1.82, 2.24) is 19.5 Å². The minimum absolute atomic E-state index is 0.0262. The third kappa shape index (κ3) is 3.57. The average molecular weight is 415 g/mol. The molecule has 1 aliphatic heterocycles. The van der Waals surface area contributed by atoms with Crippen LogP contribution < -0.4 is 0 Å². The first-order chi connectivity index (χ1) is 15.1. The van der Waals surface area contributed by atoms with Gasteiger partial charge in [-0.3, -0.25) is 4.79 Å². The van der Waals surface area contributed by atoms with Gasteiger partial charge in [0.2, 0.25) is 5.91 Å². The van der Waals surface area contributed by atoms with E-state index in [1.54, 1.807) is 0 Å². The van der Waals surface area contributed by atoms with E-state index in [1.165, 1.54) is 0 Å². The van der Waals surface area contributed by atoms with E-state index in [4.69, 9.17) is 14.8 Å². The predicted molar refractivity (Wildman–Crippen MR) is 120 cm³/mol. The van der Waals surface area contributed by atoms with Crippen LogP contribution in [0.4, 0.5) is 0 Å². The van der Waals surface area contributed by atoms with Crippen molar-refractivity contribution in [3.05, 3.63) is 77.1 Å². The fourth-order valence-electron chi connectivity index (χ4n) is 4.57. The number of hydrogen-bond acceptors (Lipinski definition) is 4. The molecule has 6 heteroatoms. The summed E-state index contributed by atoms with van der Waals surface area (Å²) in [4.78, 5) is 20.0. The second-order valence-corrected chi connectivity index (χ2v) is 8.10. The maximum absolute atomic E-state index is 13.2. The lowest BCUT2D eigenvalue weighted by atomic mass is 10.0. The number of aromatic nitrogens is 3. The molecule has 5 rings (SSSR count). The first-order valence-corrected chi connectivity index (χ1v) is 10.8. The minimum atomic E-state index is -0.0262. The zero-order chi connectivity index (χ0) is 21.4. The normalized spacial score (nSPS) is 16.8. The van der Waals surface area contributed by atoms with Crippen LogP contribution in [-0.2, 0) is 16.0 Å². The zero-order valence-corrected chi connectivity index (χ0v) is 17.9. The Balaban J connectivity index is 1.40. The quantitative estimate of drug-likeness (QED) is 0.506. The number of aryl methyl sites for hydroxylation is 2. The van der Waals surface area contributed by atoms with E-state index in [0.717, 1.165) is 39.1 Å². The van der Waals surface area contributed by atoms with Crippen molar-refractivity contribution in [1.29, 1.82) is 0 Å². The molecule has 3 heterocycles. The van der Waals surface area contributed by atoms with Gasteiger partial charge < -0.3 is 9.64 Å². The van der Waals surface area contributed by atoms with Crippen LogP contribution in [0.15, 0.2) is 54.6 Å². The second kappa shape index (κ2) is 8.12. The SMILES string of the molecule is Cc1nc2c3ccccc3nn2c(C)c1CCC(=O)N1CCOC[C@@H]1c1ccccc1. The summed E-state index contributed by atoms with van der Waals surface area (Å²) in [7, 11) is 0. The van der Waals surface area contributed by atoms with Gasteiger partial charge in [-0.05, 0) is 43.5 Å². The molecule has 1 atom stereocenters. The summed E-state index contributed by atoms with van der Waals surface area (Å²) in [6.45, 7) is 5.84. The second-order valence-electron chi connectivity index (χ2n) is 8.10. The summed E-state index contributed by atoms with van der Waals surface area (Å²) >= 11 is 0. The third-order valence-electron chi connectivity index (χ3n) is 6.24. The molecule has 0 aliphatic carbocycles. The van der Waals surface area contributed by atoms with Crippen LogP contribution in [0.25, 0.3) is 16.6 Å². The molecule has 0 bridgehead atoms. The first-order valence-electron chi connectivity index (χ1n) is 10.8. The maximum atomic E-state index is 13.2. The van der Waals surface area contributed by atoms with Crippen LogP contribution in [0.2, 0.25) is 0 Å². The molecule has 1 aliphatic rings. The van der Waals surface area contributed by atoms with Crippen LogP contribution >= 0.6 is 0 Å². The molecule has 4 aromatic rings. The largest absolute Gasteiger partial charge is 0.377 e. The molecule has 0 spiro atoms. The van der Waals surface area contributed by atoms with Gasteiger partial charge in [-0.1, -0.05) is 42.5 Å². The lowest BCUT2D eigenvalue weighted by Crippen LogP contribution is -2.43. The van der Waals surface area contributed by atoms with E-state index in [9.17, 15) is 4.79 Å². The van der Waals surface area contributed by atoms with E-state index in [0.29, 0.717) is 32.6 Å². The van der Waals surface area contributed by atoms with Crippen molar-refractivity contribution < 1.29 is 9.53 Å². The van der Waals surface area contributed by atoms with E-state index in [2.05, 4.69) is 25.1 Å². The van der Waals surface area contributed by atoms with Crippen molar-refractivity contribution in [2.75, 3.05) is 19.8 Å². The fourth-order valence-corrected chi connectivity index (χ4v) is 4.57. The molecule has 2 aromatic carbocycles. The van der Waals surface area contributed by atoms with Crippen LogP contribution in [0.1, 0.15) is 35.0 Å². The van der Waals surface area contributed by atoms with Gasteiger partial charge in [-0.15, -0.1) is 0 Å². The van der Waals surface area contributed by atoms with E-state index in [1.807, 2.05) is 52.7 Å². The van der Waals surface area contributed by atoms with Crippen molar-refractivity contribution in [2.45, 2.75) is 32.7 Å². The highest BCUT2D eigenvalue weighted by molar-refractivity contribution is 5.92. The van der Waals surface area contributed by atoms with Crippen LogP contribution in [-0.4, -0.2) is 45.2 Å². The molecule has 1 fully saturated rings. The van der Waals surface area contributed by atoms with Crippen molar-refractivity contribution in [2.24, 2.45) is 0 Å². The first kappa shape index (κ1) is 19.7. The molecule has 0 radical (unpaired) electrons. The number of morpholine rings is 1. The van der Waals surface area contributed by atoms with Gasteiger partial charge in [-0.2, -0.15) is 5.10 Å². The molecule has 6 nitrogen and oxygen atoms in total. The van der Waals surface area contributed by atoms with E-state index in [-0.39, 0.29) is 11.9 Å². The fraction of sp³-hybridized carbons (Fsp3) is 0.320. The number of benzene rings is 2. The molecule has 1 amide bonds. The van der Waals surface area contributed by atoms with Gasteiger partial charge in [0.05, 0.1) is 24.8 Å². The molecule has 0 unspecified atom stereocenters. The Hall–Kier alpha value is -3.25. The van der Waals surface area contributed by atoms with Gasteiger partial charge in [0.1, 0.15) is 0 Å². The maximum Gasteiger partial charge on any atom is 0.223 e. The molecule has 31 heavy (non-hydrogen) atoms. The number of nitrogens with zero attached hydrogens (tertiary/aromatic N) is 4. The summed E-state index contributed by atoms with van der Waals surface area (Å²) in [6, 6.07) is 18.2. The topological polar surface area (TPSA) is 59.7 Å². The van der Waals surface area contributed by atoms with Gasteiger partial charge >= 0.3 is 0 Å². The van der Waals surface area contributed by atoms with Gasteiger partial charge in [-0.25, -0.2) is 9.50 Å². The number of amides is 1. The molecule has 158 valence electrons. The van der Waals surface area contributed by atoms with Gasteiger partial charge in [0.25, 0.3) is 0 Å². The molecular weight excluding hydrogens is 388 g/mol. The number of ether oxygens (including phenoxy) is 1. The third-order valence-corrected chi connectivity index (χ3v) is 6.24. The van der Waals surface area contributed by atoms with Crippen molar-refractivity contribution >= 4 is 22.5 Å². The summed E-state index contributed by atoms with van der Waals surface area (Å²) in [6.07, 6.45) is 1.09. The number of fused-ring (bicyclic) bond motifs is 3. The summed E-state index contributed by atoms with van der Waals surface area (Å²) < 4.78 is 7.60. The Bertz CT molecular complexity index is 1250. The molecule has 0 saturated carbocycles. The molecular formula is C25H26N4O2. The Morgan fingerprint density at radius 1 is 1.10 bits per heavy atom. The Morgan fingerprint density at radius 3 is 2.71 bits per heavy atom. The molecule has 2 aromatic heterocycles. The Morgan fingerprint density at radius 2 is 1.87 bits per heavy atom. The van der Waals surface area contributed by atoms with E-state index < -0.39 is 0 Å². The highest BCUT2D eigenvalue weighted by atomic mass is 16.5. The Kier molecular flexibility index (Phi) is 5.16. The van der Waals surface area contributed by atoms with Crippen molar-refractivity contribution in [3.8, 4) is 0 Å². The standard InChI is InChI=1S/C25H26N4O2/c1-17-20(18(2)29-25(26-17)21-10-6-7-11-22(21)27-29)12-13-24(30)28-14-15-31-16-23(28)19-8-4-3-5-9-19/h3-11,23H,12-16H2,1-2H3/t23-/m1/s1. The smallest absolute Gasteiger partial charge is 0.223 e. The summed E-state index contributed by atoms with van der Waals surface area (Å²) in [5.74, 6) is 0.154. The lowest BCUT2D eigenvalue weighted by Gasteiger charge is -2.36. The van der Waals surface area contributed by atoms with E-state index >= 15 is 0 Å². The lowest BCUT2D eigenvalue weighted by molar-refractivity contribution is -0.140. The monoisotopic (exact) mass is 414 g/mol. The van der Waals surface area contributed by atoms with Gasteiger partial charge in [0, 0.05) is 29.7 Å². The molecule has 1 saturated heterocycles.